The number of fused-ring (bicyclic) bond motifs is 4. The second-order valence-electron chi connectivity index (χ2n) is 14.7. The van der Waals surface area contributed by atoms with Gasteiger partial charge in [-0.2, -0.15) is 0 Å². The third kappa shape index (κ3) is 5.18. The van der Waals surface area contributed by atoms with Gasteiger partial charge in [-0.05, 0) is 101 Å². The van der Waals surface area contributed by atoms with Crippen LogP contribution in [0.25, 0.3) is 27.1 Å². The van der Waals surface area contributed by atoms with Crippen molar-refractivity contribution in [2.45, 2.75) is 43.9 Å². The molecule has 1 unspecified atom stereocenters. The molecule has 0 radical (unpaired) electrons. The SMILES string of the molecule is OC1=C(Oc2ccc3c(c2)C2=C(C=CCC2)C3(C2=CCCC=C2)c2ccccc2)C=C(N(c2cccc3ccccc23)c2cccc3ccccc23)CC1. The first kappa shape index (κ1) is 32.3. The van der Waals surface area contributed by atoms with E-state index in [1.165, 1.54) is 55.0 Å². The second-order valence-corrected chi connectivity index (χ2v) is 14.7. The largest absolute Gasteiger partial charge is 0.508 e. The average Bonchev–Trinajstić information content (AvgIpc) is 3.53. The Balaban J connectivity index is 1.09. The predicted octanol–water partition coefficient (Wildman–Crippen LogP) is 13.3. The molecule has 0 saturated heterocycles. The van der Waals surface area contributed by atoms with Crippen molar-refractivity contribution in [2.24, 2.45) is 0 Å². The molecule has 0 spiro atoms. The van der Waals surface area contributed by atoms with Crippen molar-refractivity contribution in [1.82, 2.24) is 0 Å². The number of rotatable bonds is 7. The number of benzene rings is 6. The van der Waals surface area contributed by atoms with Crippen molar-refractivity contribution >= 4 is 38.5 Å². The van der Waals surface area contributed by atoms with Crippen LogP contribution >= 0.6 is 0 Å². The normalized spacial score (nSPS) is 19.1. The van der Waals surface area contributed by atoms with Gasteiger partial charge in [0, 0.05) is 29.0 Å². The van der Waals surface area contributed by atoms with E-state index < -0.39 is 0 Å². The van der Waals surface area contributed by atoms with Crippen molar-refractivity contribution in [3.05, 3.63) is 215 Å². The fourth-order valence-corrected chi connectivity index (χ4v) is 9.29. The Morgan fingerprint density at radius 1 is 0.611 bits per heavy atom. The van der Waals surface area contributed by atoms with Gasteiger partial charge in [0.05, 0.1) is 16.8 Å². The van der Waals surface area contributed by atoms with E-state index in [9.17, 15) is 5.11 Å². The first-order valence-corrected chi connectivity index (χ1v) is 19.2. The van der Waals surface area contributed by atoms with E-state index in [0.29, 0.717) is 18.6 Å². The summed E-state index contributed by atoms with van der Waals surface area (Å²) in [5.41, 5.74) is 10.8. The molecule has 1 N–H and O–H groups in total. The number of nitrogens with zero attached hydrogens (tertiary/aromatic N) is 1. The number of anilines is 2. The summed E-state index contributed by atoms with van der Waals surface area (Å²) in [4.78, 5) is 2.37. The van der Waals surface area contributed by atoms with Crippen molar-refractivity contribution in [3.63, 3.8) is 0 Å². The van der Waals surface area contributed by atoms with E-state index in [-0.39, 0.29) is 11.2 Å². The van der Waals surface area contributed by atoms with Gasteiger partial charge in [0.25, 0.3) is 0 Å². The summed E-state index contributed by atoms with van der Waals surface area (Å²) >= 11 is 0. The first-order valence-electron chi connectivity index (χ1n) is 19.2. The molecule has 262 valence electrons. The molecule has 6 aromatic rings. The molecule has 0 saturated carbocycles. The molecule has 3 heteroatoms. The summed E-state index contributed by atoms with van der Waals surface area (Å²) in [6.45, 7) is 0. The summed E-state index contributed by atoms with van der Waals surface area (Å²) in [5.74, 6) is 1.49. The van der Waals surface area contributed by atoms with Gasteiger partial charge in [-0.25, -0.2) is 0 Å². The van der Waals surface area contributed by atoms with Crippen LogP contribution in [0.1, 0.15) is 55.2 Å². The van der Waals surface area contributed by atoms with E-state index in [4.69, 9.17) is 4.74 Å². The van der Waals surface area contributed by atoms with Crippen LogP contribution < -0.4 is 9.64 Å². The van der Waals surface area contributed by atoms with Gasteiger partial charge in [0.2, 0.25) is 0 Å². The molecule has 0 bridgehead atoms. The minimum atomic E-state index is -0.380. The average molecular weight is 700 g/mol. The number of aliphatic hydroxyl groups excluding tert-OH is 1. The van der Waals surface area contributed by atoms with Crippen molar-refractivity contribution in [3.8, 4) is 5.75 Å². The molecule has 0 amide bonds. The highest BCUT2D eigenvalue weighted by atomic mass is 16.5. The Labute approximate surface area is 316 Å². The number of allylic oxidation sites excluding steroid dienone is 11. The molecule has 0 heterocycles. The van der Waals surface area contributed by atoms with E-state index in [2.05, 4.69) is 175 Å². The number of ether oxygens (including phenoxy) is 1. The zero-order valence-electron chi connectivity index (χ0n) is 30.2. The second kappa shape index (κ2) is 13.3. The number of aliphatic hydroxyl groups is 1. The first-order chi connectivity index (χ1) is 26.7. The summed E-state index contributed by atoms with van der Waals surface area (Å²) in [7, 11) is 0. The van der Waals surface area contributed by atoms with Crippen LogP contribution in [0.4, 0.5) is 11.4 Å². The lowest BCUT2D eigenvalue weighted by molar-refractivity contribution is 0.325. The van der Waals surface area contributed by atoms with Crippen molar-refractivity contribution < 1.29 is 9.84 Å². The lowest BCUT2D eigenvalue weighted by atomic mass is 9.65. The molecule has 1 atom stereocenters. The van der Waals surface area contributed by atoms with Gasteiger partial charge in [-0.1, -0.05) is 140 Å². The molecule has 0 aliphatic heterocycles. The fraction of sp³-hybridized carbons (Fsp3) is 0.137. The molecular weight excluding hydrogens is 659 g/mol. The summed E-state index contributed by atoms with van der Waals surface area (Å²) in [5, 5.41) is 16.2. The Hall–Kier alpha value is -6.32. The van der Waals surface area contributed by atoms with E-state index in [1.54, 1.807) is 0 Å². The van der Waals surface area contributed by atoms with Crippen LogP contribution in [0, 0.1) is 0 Å². The predicted molar refractivity (Wildman–Crippen MR) is 223 cm³/mol. The van der Waals surface area contributed by atoms with Crippen LogP contribution in [0.15, 0.2) is 198 Å². The molecule has 0 fully saturated rings. The van der Waals surface area contributed by atoms with Crippen LogP contribution in [-0.2, 0) is 5.41 Å². The smallest absolute Gasteiger partial charge is 0.166 e. The Kier molecular flexibility index (Phi) is 7.95. The highest BCUT2D eigenvalue weighted by Gasteiger charge is 2.48. The Bertz CT molecular complexity index is 2560. The monoisotopic (exact) mass is 699 g/mol. The lowest BCUT2D eigenvalue weighted by Gasteiger charge is -2.37. The van der Waals surface area contributed by atoms with Gasteiger partial charge in [-0.3, -0.25) is 0 Å². The molecule has 10 rings (SSSR count). The van der Waals surface area contributed by atoms with Crippen molar-refractivity contribution in [1.29, 1.82) is 0 Å². The lowest BCUT2D eigenvalue weighted by Crippen LogP contribution is -2.30. The zero-order valence-corrected chi connectivity index (χ0v) is 30.2. The number of hydrogen-bond acceptors (Lipinski definition) is 3. The van der Waals surface area contributed by atoms with Crippen LogP contribution in [0.5, 0.6) is 5.75 Å². The van der Waals surface area contributed by atoms with Crippen LogP contribution in [0.3, 0.4) is 0 Å². The van der Waals surface area contributed by atoms with E-state index >= 15 is 0 Å². The fourth-order valence-electron chi connectivity index (χ4n) is 9.29. The Morgan fingerprint density at radius 2 is 1.30 bits per heavy atom. The summed E-state index contributed by atoms with van der Waals surface area (Å²) in [6.07, 6.45) is 19.1. The maximum atomic E-state index is 11.5. The van der Waals surface area contributed by atoms with Crippen molar-refractivity contribution in [2.75, 3.05) is 4.90 Å². The standard InChI is InChI=1S/C51H41NO2/c53-49-32-29-39(52(47-27-13-17-35-15-7-9-23-41(35)47)48-28-14-18-36-16-8-10-24-42(36)48)33-50(49)54-40-30-31-46-44(34-40)43-25-11-12-26-45(43)51(46,37-19-3-1-4-20-37)38-21-5-2-6-22-38/h1,3-5,7-10,12-24,26-28,30-31,33-34,53H,2,6,11,25,29,32H2. The molecule has 4 aliphatic rings. The highest BCUT2D eigenvalue weighted by molar-refractivity contribution is 6.03. The molecule has 54 heavy (non-hydrogen) atoms. The highest BCUT2D eigenvalue weighted by Crippen LogP contribution is 2.58. The quantitative estimate of drug-likeness (QED) is 0.180. The third-order valence-corrected chi connectivity index (χ3v) is 11.7. The summed E-state index contributed by atoms with van der Waals surface area (Å²) < 4.78 is 6.78. The van der Waals surface area contributed by atoms with Gasteiger partial charge in [0.1, 0.15) is 11.5 Å². The van der Waals surface area contributed by atoms with Gasteiger partial charge >= 0.3 is 0 Å². The molecular formula is C51H41NO2. The molecule has 3 nitrogen and oxygen atoms in total. The summed E-state index contributed by atoms with van der Waals surface area (Å²) in [6, 6.07) is 47.7. The minimum Gasteiger partial charge on any atom is -0.508 e. The maximum absolute atomic E-state index is 11.5. The molecule has 6 aromatic carbocycles. The molecule has 4 aliphatic carbocycles. The van der Waals surface area contributed by atoms with Crippen LogP contribution in [0.2, 0.25) is 0 Å². The Morgan fingerprint density at radius 3 is 2.02 bits per heavy atom. The maximum Gasteiger partial charge on any atom is 0.166 e. The third-order valence-electron chi connectivity index (χ3n) is 11.7. The minimum absolute atomic E-state index is 0.270. The van der Waals surface area contributed by atoms with Gasteiger partial charge in [-0.15, -0.1) is 0 Å². The zero-order chi connectivity index (χ0) is 36.1. The van der Waals surface area contributed by atoms with E-state index in [0.717, 1.165) is 48.5 Å². The number of hydrogen-bond donors (Lipinski definition) is 1. The van der Waals surface area contributed by atoms with Gasteiger partial charge in [0.15, 0.2) is 5.76 Å². The molecule has 0 aromatic heterocycles. The topological polar surface area (TPSA) is 32.7 Å². The van der Waals surface area contributed by atoms with E-state index in [1.807, 2.05) is 0 Å². The van der Waals surface area contributed by atoms with Gasteiger partial charge < -0.3 is 14.7 Å². The van der Waals surface area contributed by atoms with Crippen LogP contribution in [-0.4, -0.2) is 5.11 Å².